The lowest BCUT2D eigenvalue weighted by Crippen LogP contribution is -2.36. The summed E-state index contributed by atoms with van der Waals surface area (Å²) in [6.07, 6.45) is 1.13. The summed E-state index contributed by atoms with van der Waals surface area (Å²) in [4.78, 5) is 4.92. The molecule has 1 fully saturated rings. The van der Waals surface area contributed by atoms with E-state index in [2.05, 4.69) is 19.9 Å². The van der Waals surface area contributed by atoms with Crippen LogP contribution in [0.25, 0.3) is 0 Å². The number of aromatic nitrogens is 1. The molecule has 0 spiro atoms. The van der Waals surface area contributed by atoms with E-state index in [0.717, 1.165) is 48.5 Å². The van der Waals surface area contributed by atoms with Crippen LogP contribution in [0.4, 0.5) is 26.0 Å². The molecule has 0 atom stereocenters. The number of thiazole rings is 1. The summed E-state index contributed by atoms with van der Waals surface area (Å²) >= 11 is 7.46. The Morgan fingerprint density at radius 3 is 2.53 bits per heavy atom. The number of sulfonamides is 1. The van der Waals surface area contributed by atoms with Crippen LogP contribution >= 0.6 is 22.9 Å². The molecule has 0 aliphatic carbocycles. The predicted octanol–water partition coefficient (Wildman–Crippen LogP) is 4.82. The van der Waals surface area contributed by atoms with Gasteiger partial charge in [-0.05, 0) is 43.3 Å². The van der Waals surface area contributed by atoms with Crippen LogP contribution < -0.4 is 10.0 Å². The Morgan fingerprint density at radius 2 is 1.93 bits per heavy atom. The molecule has 0 radical (unpaired) electrons. The number of hydrogen-bond acceptors (Lipinski definition) is 6. The SMILES string of the molecule is O=S(=O)(Nc1cscn1)c1c(F)cc(Nc2c(Cl)cccc2CN2CCC2)cc1F. The third-order valence-corrected chi connectivity index (χ3v) is 6.96. The van der Waals surface area contributed by atoms with Gasteiger partial charge in [0.2, 0.25) is 0 Å². The third kappa shape index (κ3) is 4.41. The highest BCUT2D eigenvalue weighted by Gasteiger charge is 2.26. The summed E-state index contributed by atoms with van der Waals surface area (Å²) < 4.78 is 56.2. The molecule has 2 N–H and O–H groups in total. The van der Waals surface area contributed by atoms with Crippen molar-refractivity contribution in [3.05, 3.63) is 63.4 Å². The van der Waals surface area contributed by atoms with Crippen LogP contribution in [-0.4, -0.2) is 31.4 Å². The van der Waals surface area contributed by atoms with Crippen molar-refractivity contribution in [2.45, 2.75) is 17.9 Å². The molecule has 4 rings (SSSR count). The van der Waals surface area contributed by atoms with E-state index in [-0.39, 0.29) is 11.5 Å². The van der Waals surface area contributed by atoms with Crippen LogP contribution in [0.2, 0.25) is 5.02 Å². The molecule has 0 saturated carbocycles. The molecule has 0 bridgehead atoms. The van der Waals surface area contributed by atoms with Gasteiger partial charge < -0.3 is 5.32 Å². The van der Waals surface area contributed by atoms with E-state index >= 15 is 0 Å². The van der Waals surface area contributed by atoms with Crippen LogP contribution in [-0.2, 0) is 16.6 Å². The number of rotatable bonds is 7. The second-order valence-electron chi connectivity index (χ2n) is 6.78. The lowest BCUT2D eigenvalue weighted by molar-refractivity contribution is 0.173. The number of halogens is 3. The fraction of sp³-hybridized carbons (Fsp3) is 0.211. The third-order valence-electron chi connectivity index (χ3n) is 4.65. The van der Waals surface area contributed by atoms with Gasteiger partial charge in [-0.25, -0.2) is 22.2 Å². The number of anilines is 3. The molecule has 158 valence electrons. The number of nitrogens with zero attached hydrogens (tertiary/aromatic N) is 2. The highest BCUT2D eigenvalue weighted by molar-refractivity contribution is 7.92. The van der Waals surface area contributed by atoms with E-state index < -0.39 is 26.6 Å². The van der Waals surface area contributed by atoms with Crippen molar-refractivity contribution in [1.29, 1.82) is 0 Å². The van der Waals surface area contributed by atoms with Gasteiger partial charge in [0, 0.05) is 17.6 Å². The Kier molecular flexibility index (Phi) is 5.92. The van der Waals surface area contributed by atoms with Gasteiger partial charge in [0.25, 0.3) is 10.0 Å². The molecule has 30 heavy (non-hydrogen) atoms. The first-order valence-corrected chi connectivity index (χ1v) is 11.8. The molecule has 1 saturated heterocycles. The zero-order valence-corrected chi connectivity index (χ0v) is 17.9. The maximum atomic E-state index is 14.7. The molecule has 2 heterocycles. The zero-order valence-electron chi connectivity index (χ0n) is 15.5. The van der Waals surface area contributed by atoms with Gasteiger partial charge in [-0.15, -0.1) is 11.3 Å². The van der Waals surface area contributed by atoms with Crippen molar-refractivity contribution in [2.75, 3.05) is 23.1 Å². The second kappa shape index (κ2) is 8.46. The monoisotopic (exact) mass is 470 g/mol. The summed E-state index contributed by atoms with van der Waals surface area (Å²) in [5.74, 6) is -2.46. The van der Waals surface area contributed by atoms with Crippen LogP contribution in [0.5, 0.6) is 0 Å². The van der Waals surface area contributed by atoms with Gasteiger partial charge in [-0.3, -0.25) is 9.62 Å². The first kappa shape index (κ1) is 21.0. The normalized spacial score (nSPS) is 14.4. The standard InChI is InChI=1S/C19H17ClF2N4O2S2/c20-14-4-1-3-12(9-26-5-2-6-26)18(14)24-13-7-15(21)19(16(22)8-13)30(27,28)25-17-10-29-11-23-17/h1,3-4,7-8,10-11,24-25H,2,5-6,9H2. The van der Waals surface area contributed by atoms with Gasteiger partial charge in [0.1, 0.15) is 11.6 Å². The lowest BCUT2D eigenvalue weighted by atomic mass is 10.1. The van der Waals surface area contributed by atoms with E-state index in [1.54, 1.807) is 6.07 Å². The molecule has 1 aliphatic heterocycles. The van der Waals surface area contributed by atoms with Crippen molar-refractivity contribution in [2.24, 2.45) is 0 Å². The number of nitrogens with one attached hydrogen (secondary N) is 2. The topological polar surface area (TPSA) is 74.3 Å². The minimum absolute atomic E-state index is 0.00675. The van der Waals surface area contributed by atoms with Gasteiger partial charge >= 0.3 is 0 Å². The fourth-order valence-electron chi connectivity index (χ4n) is 3.11. The zero-order chi connectivity index (χ0) is 21.3. The van der Waals surface area contributed by atoms with Crippen molar-refractivity contribution in [1.82, 2.24) is 9.88 Å². The van der Waals surface area contributed by atoms with Gasteiger partial charge in [-0.2, -0.15) is 0 Å². The highest BCUT2D eigenvalue weighted by Crippen LogP contribution is 2.33. The number of likely N-dealkylation sites (tertiary alicyclic amines) is 1. The van der Waals surface area contributed by atoms with Crippen molar-refractivity contribution < 1.29 is 17.2 Å². The van der Waals surface area contributed by atoms with Crippen LogP contribution in [0.3, 0.4) is 0 Å². The molecular weight excluding hydrogens is 454 g/mol. The van der Waals surface area contributed by atoms with Gasteiger partial charge in [-0.1, -0.05) is 23.7 Å². The number of benzene rings is 2. The second-order valence-corrected chi connectivity index (χ2v) is 9.52. The first-order chi connectivity index (χ1) is 14.3. The largest absolute Gasteiger partial charge is 0.354 e. The van der Waals surface area contributed by atoms with Crippen LogP contribution in [0.1, 0.15) is 12.0 Å². The van der Waals surface area contributed by atoms with E-state index in [1.807, 2.05) is 12.1 Å². The molecule has 0 unspecified atom stereocenters. The molecule has 1 aromatic heterocycles. The van der Waals surface area contributed by atoms with E-state index in [0.29, 0.717) is 17.3 Å². The van der Waals surface area contributed by atoms with E-state index in [4.69, 9.17) is 11.6 Å². The van der Waals surface area contributed by atoms with Crippen LogP contribution in [0.15, 0.2) is 46.1 Å². The molecule has 2 aromatic carbocycles. The molecule has 1 aliphatic rings. The summed E-state index contributed by atoms with van der Waals surface area (Å²) in [6.45, 7) is 2.61. The molecule has 0 amide bonds. The molecule has 3 aromatic rings. The number of hydrogen-bond donors (Lipinski definition) is 2. The first-order valence-electron chi connectivity index (χ1n) is 9.00. The predicted molar refractivity (Wildman–Crippen MR) is 114 cm³/mol. The fourth-order valence-corrected chi connectivity index (χ4v) is 5.03. The Morgan fingerprint density at radius 1 is 1.20 bits per heavy atom. The average Bonchev–Trinajstić information content (AvgIpc) is 3.12. The summed E-state index contributed by atoms with van der Waals surface area (Å²) in [6, 6.07) is 7.22. The Bertz CT molecular complexity index is 1150. The van der Waals surface area contributed by atoms with Crippen molar-refractivity contribution >= 4 is 50.2 Å². The van der Waals surface area contributed by atoms with E-state index in [9.17, 15) is 17.2 Å². The van der Waals surface area contributed by atoms with Crippen molar-refractivity contribution in [3.63, 3.8) is 0 Å². The van der Waals surface area contributed by atoms with Gasteiger partial charge in [0.05, 0.1) is 16.2 Å². The Hall–Kier alpha value is -2.27. The van der Waals surface area contributed by atoms with E-state index in [1.165, 1.54) is 10.9 Å². The average molecular weight is 471 g/mol. The maximum absolute atomic E-state index is 14.7. The molecule has 11 heteroatoms. The molecule has 6 nitrogen and oxygen atoms in total. The minimum atomic E-state index is -4.48. The summed E-state index contributed by atoms with van der Waals surface area (Å²) in [7, 11) is -4.48. The smallest absolute Gasteiger partial charge is 0.268 e. The Balaban J connectivity index is 1.63. The molecular formula is C19H17ClF2N4O2S2. The van der Waals surface area contributed by atoms with Crippen LogP contribution in [0, 0.1) is 11.6 Å². The lowest BCUT2D eigenvalue weighted by Gasteiger charge is -2.31. The van der Waals surface area contributed by atoms with Crippen molar-refractivity contribution in [3.8, 4) is 0 Å². The Labute approximate surface area is 181 Å². The minimum Gasteiger partial charge on any atom is -0.354 e. The summed E-state index contributed by atoms with van der Waals surface area (Å²) in [5, 5.41) is 4.75. The summed E-state index contributed by atoms with van der Waals surface area (Å²) in [5.41, 5.74) is 2.86. The van der Waals surface area contributed by atoms with Gasteiger partial charge in [0.15, 0.2) is 10.7 Å². The maximum Gasteiger partial charge on any atom is 0.268 e. The number of para-hydroxylation sites is 1. The quantitative estimate of drug-likeness (QED) is 0.517. The highest BCUT2D eigenvalue weighted by atomic mass is 35.5.